The van der Waals surface area contributed by atoms with Gasteiger partial charge in [0.25, 0.3) is 0 Å². The van der Waals surface area contributed by atoms with E-state index in [0.717, 1.165) is 10.2 Å². The van der Waals surface area contributed by atoms with Crippen molar-refractivity contribution in [2.45, 2.75) is 20.0 Å². The van der Waals surface area contributed by atoms with E-state index in [2.05, 4.69) is 31.6 Å². The lowest BCUT2D eigenvalue weighted by molar-refractivity contribution is -0.138. The fraction of sp³-hybridized carbons (Fsp3) is 0.227. The van der Waals surface area contributed by atoms with Crippen LogP contribution in [-0.4, -0.2) is 36.6 Å². The zero-order valence-corrected chi connectivity index (χ0v) is 18.6. The van der Waals surface area contributed by atoms with Crippen molar-refractivity contribution < 1.29 is 17.9 Å². The molecule has 4 rings (SSSR count). The van der Waals surface area contributed by atoms with Crippen LogP contribution in [0.5, 0.6) is 5.75 Å². The van der Waals surface area contributed by atoms with E-state index in [1.165, 1.54) is 33.4 Å². The fourth-order valence-corrected chi connectivity index (χ4v) is 3.73. The number of nitriles is 1. The molecule has 0 fully saturated rings. The molecule has 0 aliphatic rings. The molecular weight excluding hydrogens is 449 g/mol. The van der Waals surface area contributed by atoms with Crippen LogP contribution in [0.25, 0.3) is 17.1 Å². The molecular formula is C22H19F3N8O. The van der Waals surface area contributed by atoms with Gasteiger partial charge in [0, 0.05) is 18.7 Å². The number of methoxy groups -OCH3 is 1. The number of halogens is 3. The Morgan fingerprint density at radius 1 is 1.09 bits per heavy atom. The second-order valence-corrected chi connectivity index (χ2v) is 7.39. The van der Waals surface area contributed by atoms with Crippen molar-refractivity contribution in [3.63, 3.8) is 0 Å². The van der Waals surface area contributed by atoms with Crippen LogP contribution in [0.1, 0.15) is 22.5 Å². The molecule has 1 N–H and O–H groups in total. The molecule has 3 aromatic heterocycles. The molecule has 0 unspecified atom stereocenters. The molecule has 0 spiro atoms. The van der Waals surface area contributed by atoms with Gasteiger partial charge in [-0.25, -0.2) is 14.6 Å². The summed E-state index contributed by atoms with van der Waals surface area (Å²) in [5.41, 5.74) is 0.958. The Kier molecular flexibility index (Phi) is 5.70. The summed E-state index contributed by atoms with van der Waals surface area (Å²) >= 11 is 0. The van der Waals surface area contributed by atoms with E-state index in [4.69, 9.17) is 10.00 Å². The first kappa shape index (κ1) is 22.8. The summed E-state index contributed by atoms with van der Waals surface area (Å²) in [6.45, 7) is 2.64. The summed E-state index contributed by atoms with van der Waals surface area (Å²) in [5.74, 6) is 1.22. The summed E-state index contributed by atoms with van der Waals surface area (Å²) in [5, 5.41) is 20.5. The monoisotopic (exact) mass is 468 g/mol. The van der Waals surface area contributed by atoms with Gasteiger partial charge in [-0.2, -0.15) is 28.6 Å². The maximum Gasteiger partial charge on any atom is 0.419 e. The summed E-state index contributed by atoms with van der Waals surface area (Å²) in [6, 6.07) is 10.5. The molecule has 12 heteroatoms. The lowest BCUT2D eigenvalue weighted by Gasteiger charge is -2.09. The number of aryl methyl sites for hydroxylation is 2. The van der Waals surface area contributed by atoms with Gasteiger partial charge in [-0.05, 0) is 26.0 Å². The lowest BCUT2D eigenvalue weighted by atomic mass is 10.1. The predicted molar refractivity (Wildman–Crippen MR) is 117 cm³/mol. The largest absolute Gasteiger partial charge is 0.491 e. The first-order valence-corrected chi connectivity index (χ1v) is 9.98. The van der Waals surface area contributed by atoms with Crippen LogP contribution in [0.4, 0.5) is 24.8 Å². The van der Waals surface area contributed by atoms with Gasteiger partial charge in [-0.3, -0.25) is 4.68 Å². The number of hydrogen-bond donors (Lipinski definition) is 1. The summed E-state index contributed by atoms with van der Waals surface area (Å²) in [4.78, 5) is 8.23. The average molecular weight is 468 g/mol. The van der Waals surface area contributed by atoms with Gasteiger partial charge in [-0.15, -0.1) is 0 Å². The minimum atomic E-state index is -4.52. The Bertz CT molecular complexity index is 1400. The molecule has 0 saturated carbocycles. The molecule has 0 atom stereocenters. The maximum atomic E-state index is 13.4. The van der Waals surface area contributed by atoms with E-state index in [9.17, 15) is 13.2 Å². The van der Waals surface area contributed by atoms with Crippen molar-refractivity contribution in [1.82, 2.24) is 29.5 Å². The predicted octanol–water partition coefficient (Wildman–Crippen LogP) is 4.32. The van der Waals surface area contributed by atoms with Crippen molar-refractivity contribution in [2.75, 3.05) is 12.4 Å². The Hall–Kier alpha value is -4.40. The van der Waals surface area contributed by atoms with Gasteiger partial charge in [0.2, 0.25) is 0 Å². The molecule has 0 bridgehead atoms. The third kappa shape index (κ3) is 4.03. The molecule has 0 aliphatic carbocycles. The second-order valence-electron chi connectivity index (χ2n) is 7.39. The second kappa shape index (κ2) is 8.51. The highest BCUT2D eigenvalue weighted by atomic mass is 19.4. The van der Waals surface area contributed by atoms with E-state index in [0.29, 0.717) is 22.8 Å². The van der Waals surface area contributed by atoms with Crippen LogP contribution in [0, 0.1) is 25.2 Å². The summed E-state index contributed by atoms with van der Waals surface area (Å²) in [6.07, 6.45) is -3.30. The van der Waals surface area contributed by atoms with Crippen LogP contribution in [0.3, 0.4) is 0 Å². The van der Waals surface area contributed by atoms with Gasteiger partial charge in [0.15, 0.2) is 17.4 Å². The Balaban J connectivity index is 1.70. The fourth-order valence-electron chi connectivity index (χ4n) is 3.73. The number of aromatic nitrogens is 6. The highest BCUT2D eigenvalue weighted by molar-refractivity contribution is 5.76. The van der Waals surface area contributed by atoms with E-state index >= 15 is 0 Å². The van der Waals surface area contributed by atoms with Crippen molar-refractivity contribution in [3.8, 4) is 28.9 Å². The Morgan fingerprint density at radius 2 is 1.79 bits per heavy atom. The van der Waals surface area contributed by atoms with Crippen LogP contribution < -0.4 is 10.1 Å². The van der Waals surface area contributed by atoms with E-state index < -0.39 is 11.7 Å². The third-order valence-corrected chi connectivity index (χ3v) is 5.19. The number of alkyl halides is 3. The van der Waals surface area contributed by atoms with Crippen LogP contribution >= 0.6 is 0 Å². The first-order chi connectivity index (χ1) is 16.1. The maximum absolute atomic E-state index is 13.4. The SMILES string of the molecule is COc1c(Nc2cc(-n3nc(C)c(C(F)(F)F)c3C)ncn2)nn(C)c1-c1ccc(C#N)cc1. The number of anilines is 2. The average Bonchev–Trinajstić information content (AvgIpc) is 3.28. The molecule has 34 heavy (non-hydrogen) atoms. The molecule has 174 valence electrons. The number of nitrogens with one attached hydrogen (secondary N) is 1. The zero-order chi connectivity index (χ0) is 24.6. The lowest BCUT2D eigenvalue weighted by Crippen LogP contribution is -2.09. The number of nitrogens with zero attached hydrogens (tertiary/aromatic N) is 7. The van der Waals surface area contributed by atoms with Crippen LogP contribution in [-0.2, 0) is 13.2 Å². The normalized spacial score (nSPS) is 11.4. The van der Waals surface area contributed by atoms with E-state index in [1.54, 1.807) is 36.0 Å². The van der Waals surface area contributed by atoms with Crippen molar-refractivity contribution in [3.05, 3.63) is 59.2 Å². The molecule has 1 aromatic carbocycles. The smallest absolute Gasteiger partial charge is 0.419 e. The Labute approximate surface area is 192 Å². The molecule has 0 radical (unpaired) electrons. The van der Waals surface area contributed by atoms with Crippen molar-refractivity contribution in [1.29, 1.82) is 5.26 Å². The minimum absolute atomic E-state index is 0.0758. The number of ether oxygens (including phenoxy) is 1. The minimum Gasteiger partial charge on any atom is -0.491 e. The van der Waals surface area contributed by atoms with Gasteiger partial charge < -0.3 is 10.1 Å². The molecule has 0 amide bonds. The number of rotatable bonds is 5. The molecule has 4 aromatic rings. The first-order valence-electron chi connectivity index (χ1n) is 9.98. The molecule has 9 nitrogen and oxygen atoms in total. The molecule has 0 aliphatic heterocycles. The molecule has 0 saturated heterocycles. The van der Waals surface area contributed by atoms with Gasteiger partial charge in [-0.1, -0.05) is 12.1 Å². The number of hydrogen-bond acceptors (Lipinski definition) is 7. The summed E-state index contributed by atoms with van der Waals surface area (Å²) in [7, 11) is 3.23. The van der Waals surface area contributed by atoms with Gasteiger partial charge in [0.1, 0.15) is 17.8 Å². The van der Waals surface area contributed by atoms with E-state index in [1.807, 2.05) is 0 Å². The highest BCUT2D eigenvalue weighted by Gasteiger charge is 2.37. The van der Waals surface area contributed by atoms with Gasteiger partial charge >= 0.3 is 6.18 Å². The highest BCUT2D eigenvalue weighted by Crippen LogP contribution is 2.38. The summed E-state index contributed by atoms with van der Waals surface area (Å²) < 4.78 is 48.4. The van der Waals surface area contributed by atoms with Crippen LogP contribution in [0.2, 0.25) is 0 Å². The van der Waals surface area contributed by atoms with Gasteiger partial charge in [0.05, 0.1) is 35.7 Å². The van der Waals surface area contributed by atoms with E-state index in [-0.39, 0.29) is 23.0 Å². The van der Waals surface area contributed by atoms with Crippen molar-refractivity contribution in [2.24, 2.45) is 7.05 Å². The van der Waals surface area contributed by atoms with Crippen LogP contribution in [0.15, 0.2) is 36.7 Å². The third-order valence-electron chi connectivity index (χ3n) is 5.19. The molecule has 3 heterocycles. The quantitative estimate of drug-likeness (QED) is 0.465. The standard InChI is InChI=1S/C22H19F3N8O/c1-12-18(22(23,24)25)13(2)33(30-12)17-9-16(27-11-28-17)29-21-20(34-4)19(32(3)31-21)15-7-5-14(10-26)6-8-15/h5-9,11H,1-4H3,(H,27,28,29,31). The number of benzene rings is 1. The Morgan fingerprint density at radius 3 is 2.38 bits per heavy atom. The topological polar surface area (TPSA) is 106 Å². The van der Waals surface area contributed by atoms with Crippen molar-refractivity contribution >= 4 is 11.6 Å². The zero-order valence-electron chi connectivity index (χ0n) is 18.6.